The Morgan fingerprint density at radius 2 is 1.87 bits per heavy atom. The lowest BCUT2D eigenvalue weighted by atomic mass is 10.1. The summed E-state index contributed by atoms with van der Waals surface area (Å²) in [7, 11) is 1.58. The number of benzene rings is 2. The Hall–Kier alpha value is -3.04. The van der Waals surface area contributed by atoms with Crippen LogP contribution in [-0.4, -0.2) is 54.0 Å². The molecule has 31 heavy (non-hydrogen) atoms. The molecule has 3 aromatic rings. The van der Waals surface area contributed by atoms with E-state index in [2.05, 4.69) is 18.7 Å². The third-order valence-corrected chi connectivity index (χ3v) is 6.47. The molecule has 0 aliphatic rings. The minimum absolute atomic E-state index is 0.0509. The Kier molecular flexibility index (Phi) is 7.19. The third-order valence-electron chi connectivity index (χ3n) is 5.25. The number of para-hydroxylation sites is 1. The number of ether oxygens (including phenoxy) is 1. The van der Waals surface area contributed by atoms with Crippen molar-refractivity contribution in [1.82, 2.24) is 9.88 Å². The van der Waals surface area contributed by atoms with E-state index >= 15 is 0 Å². The van der Waals surface area contributed by atoms with Gasteiger partial charge in [0.15, 0.2) is 5.13 Å². The van der Waals surface area contributed by atoms with Crippen LogP contribution in [0.2, 0.25) is 0 Å². The number of anilines is 1. The third kappa shape index (κ3) is 4.67. The molecule has 0 atom stereocenters. The largest absolute Gasteiger partial charge is 0.494 e. The fourth-order valence-corrected chi connectivity index (χ4v) is 4.48. The number of hydrogen-bond donors (Lipinski definition) is 0. The average molecular weight is 443 g/mol. The van der Waals surface area contributed by atoms with Gasteiger partial charge in [0.25, 0.3) is 11.6 Å². The molecule has 0 spiro atoms. The first kappa shape index (κ1) is 22.6. The van der Waals surface area contributed by atoms with Gasteiger partial charge in [-0.3, -0.25) is 19.8 Å². The van der Waals surface area contributed by atoms with E-state index < -0.39 is 10.8 Å². The molecule has 0 aliphatic heterocycles. The number of nitro benzene ring substituents is 1. The number of thiazole rings is 1. The van der Waals surface area contributed by atoms with E-state index in [4.69, 9.17) is 9.72 Å². The molecule has 0 saturated carbocycles. The molecule has 164 valence electrons. The summed E-state index contributed by atoms with van der Waals surface area (Å²) in [5.74, 6) is 0.195. The Morgan fingerprint density at radius 1 is 1.16 bits per heavy atom. The minimum Gasteiger partial charge on any atom is -0.494 e. The van der Waals surface area contributed by atoms with Crippen molar-refractivity contribution < 1.29 is 14.5 Å². The molecule has 8 nitrogen and oxygen atoms in total. The van der Waals surface area contributed by atoms with E-state index in [1.807, 2.05) is 19.1 Å². The Bertz CT molecular complexity index is 1090. The van der Waals surface area contributed by atoms with Gasteiger partial charge in [0.2, 0.25) is 0 Å². The van der Waals surface area contributed by atoms with Crippen LogP contribution in [0.15, 0.2) is 36.4 Å². The molecule has 0 N–H and O–H groups in total. The fourth-order valence-electron chi connectivity index (χ4n) is 3.40. The monoisotopic (exact) mass is 442 g/mol. The number of hydrogen-bond acceptors (Lipinski definition) is 7. The molecule has 1 aromatic heterocycles. The topological polar surface area (TPSA) is 88.8 Å². The average Bonchev–Trinajstić information content (AvgIpc) is 3.22. The van der Waals surface area contributed by atoms with Crippen LogP contribution in [0.3, 0.4) is 0 Å². The van der Waals surface area contributed by atoms with Crippen LogP contribution in [-0.2, 0) is 0 Å². The number of nitro groups is 1. The molecular weight excluding hydrogens is 416 g/mol. The SMILES string of the molecule is CCN(CC)CCN(C(=O)c1ccccc1[N+](=O)[O-])c1nc2c(OC)ccc(C)c2s1. The number of carbonyl (C=O) groups is 1. The molecular formula is C22H26N4O4S. The highest BCUT2D eigenvalue weighted by Crippen LogP contribution is 2.37. The number of amides is 1. The Balaban J connectivity index is 2.09. The van der Waals surface area contributed by atoms with Gasteiger partial charge < -0.3 is 9.64 Å². The van der Waals surface area contributed by atoms with Crippen LogP contribution in [0.4, 0.5) is 10.8 Å². The lowest BCUT2D eigenvalue weighted by Crippen LogP contribution is -2.39. The summed E-state index contributed by atoms with van der Waals surface area (Å²) in [6, 6.07) is 9.83. The second-order valence-corrected chi connectivity index (χ2v) is 7.99. The number of aromatic nitrogens is 1. The first-order valence-electron chi connectivity index (χ1n) is 10.1. The zero-order chi connectivity index (χ0) is 22.5. The lowest BCUT2D eigenvalue weighted by Gasteiger charge is -2.24. The van der Waals surface area contributed by atoms with Gasteiger partial charge in [-0.2, -0.15) is 0 Å². The van der Waals surface area contributed by atoms with Crippen LogP contribution >= 0.6 is 11.3 Å². The molecule has 0 unspecified atom stereocenters. The molecule has 3 rings (SSSR count). The van der Waals surface area contributed by atoms with Crippen molar-refractivity contribution >= 4 is 38.3 Å². The summed E-state index contributed by atoms with van der Waals surface area (Å²) in [5, 5.41) is 12.0. The normalized spacial score (nSPS) is 11.1. The maximum absolute atomic E-state index is 13.5. The smallest absolute Gasteiger partial charge is 0.282 e. The highest BCUT2D eigenvalue weighted by atomic mass is 32.1. The Morgan fingerprint density at radius 3 is 2.52 bits per heavy atom. The number of nitrogens with zero attached hydrogens (tertiary/aromatic N) is 4. The summed E-state index contributed by atoms with van der Waals surface area (Å²) in [6.07, 6.45) is 0. The molecule has 0 bridgehead atoms. The van der Waals surface area contributed by atoms with Gasteiger partial charge in [0.1, 0.15) is 16.8 Å². The van der Waals surface area contributed by atoms with Crippen LogP contribution in [0.1, 0.15) is 29.8 Å². The number of likely N-dealkylation sites (N-methyl/N-ethyl adjacent to an activating group) is 1. The van der Waals surface area contributed by atoms with Crippen LogP contribution in [0.5, 0.6) is 5.75 Å². The van der Waals surface area contributed by atoms with Gasteiger partial charge in [-0.05, 0) is 37.7 Å². The first-order chi connectivity index (χ1) is 14.9. The number of fused-ring (bicyclic) bond motifs is 1. The van der Waals surface area contributed by atoms with Crippen molar-refractivity contribution in [3.63, 3.8) is 0 Å². The zero-order valence-electron chi connectivity index (χ0n) is 18.1. The molecule has 2 aromatic carbocycles. The highest BCUT2D eigenvalue weighted by molar-refractivity contribution is 7.22. The summed E-state index contributed by atoms with van der Waals surface area (Å²) >= 11 is 1.39. The summed E-state index contributed by atoms with van der Waals surface area (Å²) in [6.45, 7) is 8.79. The maximum Gasteiger partial charge on any atom is 0.282 e. The van der Waals surface area contributed by atoms with Crippen molar-refractivity contribution in [2.24, 2.45) is 0 Å². The molecule has 1 amide bonds. The second-order valence-electron chi connectivity index (χ2n) is 7.02. The maximum atomic E-state index is 13.5. The molecule has 0 aliphatic carbocycles. The second kappa shape index (κ2) is 9.84. The highest BCUT2D eigenvalue weighted by Gasteiger charge is 2.28. The van der Waals surface area contributed by atoms with Gasteiger partial charge >= 0.3 is 0 Å². The quantitative estimate of drug-likeness (QED) is 0.358. The Labute approximate surface area is 185 Å². The molecule has 0 saturated heterocycles. The van der Waals surface area contributed by atoms with Crippen LogP contribution < -0.4 is 9.64 Å². The number of rotatable bonds is 9. The molecule has 9 heteroatoms. The van der Waals surface area contributed by atoms with E-state index in [9.17, 15) is 14.9 Å². The molecule has 0 fully saturated rings. The van der Waals surface area contributed by atoms with E-state index in [1.54, 1.807) is 24.1 Å². The first-order valence-corrected chi connectivity index (χ1v) is 10.9. The van der Waals surface area contributed by atoms with E-state index in [-0.39, 0.29) is 11.3 Å². The summed E-state index contributed by atoms with van der Waals surface area (Å²) in [5.41, 5.74) is 1.55. The van der Waals surface area contributed by atoms with Crippen molar-refractivity contribution in [2.45, 2.75) is 20.8 Å². The van der Waals surface area contributed by atoms with Gasteiger partial charge in [-0.1, -0.05) is 43.4 Å². The summed E-state index contributed by atoms with van der Waals surface area (Å²) < 4.78 is 6.38. The predicted molar refractivity (Wildman–Crippen MR) is 123 cm³/mol. The van der Waals surface area contributed by atoms with Crippen LogP contribution in [0, 0.1) is 17.0 Å². The number of methoxy groups -OCH3 is 1. The van der Waals surface area contributed by atoms with Gasteiger partial charge in [-0.15, -0.1) is 0 Å². The zero-order valence-corrected chi connectivity index (χ0v) is 18.9. The van der Waals surface area contributed by atoms with Crippen molar-refractivity contribution in [1.29, 1.82) is 0 Å². The van der Waals surface area contributed by atoms with Gasteiger partial charge in [0, 0.05) is 19.2 Å². The number of aryl methyl sites for hydroxylation is 1. The van der Waals surface area contributed by atoms with E-state index in [1.165, 1.54) is 23.5 Å². The van der Waals surface area contributed by atoms with E-state index in [0.717, 1.165) is 23.4 Å². The standard InChI is InChI=1S/C22H26N4O4S/c1-5-24(6-2)13-14-25(21(27)16-9-7-8-10-17(16)26(28)29)22-23-19-18(30-4)12-11-15(3)20(19)31-22/h7-12H,5-6,13-14H2,1-4H3. The van der Waals surface area contributed by atoms with Crippen LogP contribution in [0.25, 0.3) is 10.2 Å². The van der Waals surface area contributed by atoms with Gasteiger partial charge in [0.05, 0.1) is 16.7 Å². The summed E-state index contributed by atoms with van der Waals surface area (Å²) in [4.78, 5) is 32.9. The number of carbonyl (C=O) groups excluding carboxylic acids is 1. The lowest BCUT2D eigenvalue weighted by molar-refractivity contribution is -0.385. The molecule has 1 heterocycles. The van der Waals surface area contributed by atoms with Crippen molar-refractivity contribution in [2.75, 3.05) is 38.2 Å². The molecule has 0 radical (unpaired) electrons. The van der Waals surface area contributed by atoms with Crippen molar-refractivity contribution in [3.05, 3.63) is 57.6 Å². The fraction of sp³-hybridized carbons (Fsp3) is 0.364. The predicted octanol–water partition coefficient (Wildman–Crippen LogP) is 4.51. The minimum atomic E-state index is -0.526. The van der Waals surface area contributed by atoms with Crippen molar-refractivity contribution in [3.8, 4) is 5.75 Å². The van der Waals surface area contributed by atoms with Gasteiger partial charge in [-0.25, -0.2) is 4.98 Å². The van der Waals surface area contributed by atoms with E-state index in [0.29, 0.717) is 29.5 Å².